The van der Waals surface area contributed by atoms with Crippen molar-refractivity contribution in [1.29, 1.82) is 0 Å². The zero-order chi connectivity index (χ0) is 11.0. The van der Waals surface area contributed by atoms with Gasteiger partial charge in [0, 0.05) is 23.5 Å². The fourth-order valence-corrected chi connectivity index (χ4v) is 1.63. The van der Waals surface area contributed by atoms with Gasteiger partial charge in [-0.1, -0.05) is 0 Å². The van der Waals surface area contributed by atoms with Crippen molar-refractivity contribution in [2.75, 3.05) is 0 Å². The van der Waals surface area contributed by atoms with E-state index in [1.54, 1.807) is 0 Å². The van der Waals surface area contributed by atoms with Crippen LogP contribution in [0.1, 0.15) is 17.0 Å². The molecule has 0 bridgehead atoms. The first-order valence-electron chi connectivity index (χ1n) is 4.76. The first-order valence-corrected chi connectivity index (χ1v) is 4.76. The number of hydrogen-bond acceptors (Lipinski definition) is 3. The molecule has 15 heavy (non-hydrogen) atoms. The van der Waals surface area contributed by atoms with Crippen molar-refractivity contribution >= 4 is 0 Å². The van der Waals surface area contributed by atoms with Crippen LogP contribution < -0.4 is 5.73 Å². The number of aromatic nitrogens is 3. The normalized spacial score (nSPS) is 10.9. The molecule has 0 aliphatic carbocycles. The standard InChI is InChI=1S/C10H14N4O/c1-5-3-8(14-13-5)9-10(15)7(4-11)6(2)12-9/h3,12,15H,4,11H2,1-2H3,(H,13,14). The van der Waals surface area contributed by atoms with E-state index in [4.69, 9.17) is 5.73 Å². The van der Waals surface area contributed by atoms with E-state index in [0.717, 1.165) is 17.0 Å². The molecular weight excluding hydrogens is 192 g/mol. The molecule has 0 radical (unpaired) electrons. The van der Waals surface area contributed by atoms with Crippen LogP contribution in [0.15, 0.2) is 6.07 Å². The van der Waals surface area contributed by atoms with Crippen LogP contribution >= 0.6 is 0 Å². The molecule has 0 spiro atoms. The van der Waals surface area contributed by atoms with E-state index < -0.39 is 0 Å². The first kappa shape index (κ1) is 9.79. The summed E-state index contributed by atoms with van der Waals surface area (Å²) in [6.07, 6.45) is 0. The van der Waals surface area contributed by atoms with Crippen molar-refractivity contribution in [2.45, 2.75) is 20.4 Å². The van der Waals surface area contributed by atoms with Gasteiger partial charge in [0.2, 0.25) is 0 Å². The summed E-state index contributed by atoms with van der Waals surface area (Å²) < 4.78 is 0. The van der Waals surface area contributed by atoms with Crippen LogP contribution in [-0.4, -0.2) is 20.3 Å². The SMILES string of the molecule is Cc1cc(-c2[nH]c(C)c(CN)c2O)n[nH]1. The number of nitrogens with two attached hydrogens (primary N) is 1. The number of H-pyrrole nitrogens is 2. The zero-order valence-corrected chi connectivity index (χ0v) is 8.76. The fourth-order valence-electron chi connectivity index (χ4n) is 1.63. The molecular formula is C10H14N4O. The molecule has 2 heterocycles. The van der Waals surface area contributed by atoms with Crippen molar-refractivity contribution in [2.24, 2.45) is 5.73 Å². The van der Waals surface area contributed by atoms with E-state index in [1.807, 2.05) is 19.9 Å². The van der Waals surface area contributed by atoms with E-state index in [1.165, 1.54) is 0 Å². The first-order chi connectivity index (χ1) is 7.13. The predicted octanol–water partition coefficient (Wildman–Crippen LogP) is 1.19. The highest BCUT2D eigenvalue weighted by atomic mass is 16.3. The Morgan fingerprint density at radius 3 is 2.67 bits per heavy atom. The molecule has 0 saturated carbocycles. The number of aromatic hydroxyl groups is 1. The van der Waals surface area contributed by atoms with E-state index >= 15 is 0 Å². The van der Waals surface area contributed by atoms with Gasteiger partial charge in [-0.05, 0) is 19.9 Å². The lowest BCUT2D eigenvalue weighted by molar-refractivity contribution is 0.471. The maximum absolute atomic E-state index is 9.91. The molecule has 0 aliphatic rings. The van der Waals surface area contributed by atoms with Gasteiger partial charge in [-0.3, -0.25) is 5.10 Å². The molecule has 2 aromatic rings. The van der Waals surface area contributed by atoms with Crippen molar-refractivity contribution in [1.82, 2.24) is 15.2 Å². The average Bonchev–Trinajstić information content (AvgIpc) is 2.71. The Hall–Kier alpha value is -1.75. The third-order valence-corrected chi connectivity index (χ3v) is 2.45. The van der Waals surface area contributed by atoms with Crippen molar-refractivity contribution < 1.29 is 5.11 Å². The molecule has 2 rings (SSSR count). The van der Waals surface area contributed by atoms with Crippen LogP contribution in [0.4, 0.5) is 0 Å². The molecule has 5 nitrogen and oxygen atoms in total. The topological polar surface area (TPSA) is 90.7 Å². The van der Waals surface area contributed by atoms with Gasteiger partial charge in [0.05, 0.1) is 0 Å². The van der Waals surface area contributed by atoms with Gasteiger partial charge in [-0.2, -0.15) is 5.10 Å². The summed E-state index contributed by atoms with van der Waals surface area (Å²) in [4.78, 5) is 3.08. The number of nitrogens with one attached hydrogen (secondary N) is 2. The van der Waals surface area contributed by atoms with Crippen LogP contribution in [0.2, 0.25) is 0 Å². The maximum Gasteiger partial charge on any atom is 0.147 e. The largest absolute Gasteiger partial charge is 0.505 e. The maximum atomic E-state index is 9.91. The van der Waals surface area contributed by atoms with Gasteiger partial charge in [0.15, 0.2) is 0 Å². The van der Waals surface area contributed by atoms with Crippen molar-refractivity contribution in [3.8, 4) is 17.1 Å². The van der Waals surface area contributed by atoms with E-state index in [2.05, 4.69) is 15.2 Å². The lowest BCUT2D eigenvalue weighted by Crippen LogP contribution is -1.96. The van der Waals surface area contributed by atoms with Gasteiger partial charge in [0.1, 0.15) is 17.1 Å². The lowest BCUT2D eigenvalue weighted by Gasteiger charge is -1.95. The fraction of sp³-hybridized carbons (Fsp3) is 0.300. The Balaban J connectivity index is 2.54. The number of nitrogens with zero attached hydrogens (tertiary/aromatic N) is 1. The van der Waals surface area contributed by atoms with Gasteiger partial charge >= 0.3 is 0 Å². The summed E-state index contributed by atoms with van der Waals surface area (Å²) in [6, 6.07) is 1.87. The number of aromatic amines is 2. The Morgan fingerprint density at radius 1 is 1.47 bits per heavy atom. The minimum Gasteiger partial charge on any atom is -0.505 e. The molecule has 5 N–H and O–H groups in total. The predicted molar refractivity (Wildman–Crippen MR) is 57.4 cm³/mol. The quantitative estimate of drug-likeness (QED) is 0.594. The van der Waals surface area contributed by atoms with Gasteiger partial charge < -0.3 is 15.8 Å². The Kier molecular flexibility index (Phi) is 2.24. The minimum atomic E-state index is 0.196. The molecule has 2 aromatic heterocycles. The lowest BCUT2D eigenvalue weighted by atomic mass is 10.2. The third kappa shape index (κ3) is 1.50. The summed E-state index contributed by atoms with van der Waals surface area (Å²) in [5.74, 6) is 0.196. The monoisotopic (exact) mass is 206 g/mol. The Bertz CT molecular complexity index is 484. The number of hydrogen-bond donors (Lipinski definition) is 4. The molecule has 0 fully saturated rings. The van der Waals surface area contributed by atoms with Crippen molar-refractivity contribution in [3.05, 3.63) is 23.0 Å². The zero-order valence-electron chi connectivity index (χ0n) is 8.76. The van der Waals surface area contributed by atoms with Crippen LogP contribution in [0.25, 0.3) is 11.4 Å². The minimum absolute atomic E-state index is 0.196. The molecule has 0 unspecified atom stereocenters. The molecule has 0 saturated heterocycles. The van der Waals surface area contributed by atoms with Gasteiger partial charge in [-0.25, -0.2) is 0 Å². The Labute approximate surface area is 87.3 Å². The Morgan fingerprint density at radius 2 is 2.20 bits per heavy atom. The molecule has 0 aliphatic heterocycles. The second-order valence-corrected chi connectivity index (χ2v) is 3.59. The smallest absolute Gasteiger partial charge is 0.147 e. The molecule has 0 amide bonds. The number of aryl methyl sites for hydroxylation is 2. The van der Waals surface area contributed by atoms with Gasteiger partial charge in [0.25, 0.3) is 0 Å². The van der Waals surface area contributed by atoms with Crippen LogP contribution in [0.3, 0.4) is 0 Å². The van der Waals surface area contributed by atoms with Crippen LogP contribution in [-0.2, 0) is 6.54 Å². The molecule has 5 heteroatoms. The highest BCUT2D eigenvalue weighted by molar-refractivity contribution is 5.66. The second kappa shape index (κ2) is 3.43. The average molecular weight is 206 g/mol. The third-order valence-electron chi connectivity index (χ3n) is 2.45. The van der Waals surface area contributed by atoms with Crippen molar-refractivity contribution in [3.63, 3.8) is 0 Å². The van der Waals surface area contributed by atoms with Crippen LogP contribution in [0, 0.1) is 13.8 Å². The van der Waals surface area contributed by atoms with E-state index in [0.29, 0.717) is 17.9 Å². The molecule has 0 aromatic carbocycles. The summed E-state index contributed by atoms with van der Waals surface area (Å²) in [7, 11) is 0. The van der Waals surface area contributed by atoms with Gasteiger partial charge in [-0.15, -0.1) is 0 Å². The van der Waals surface area contributed by atoms with E-state index in [9.17, 15) is 5.11 Å². The summed E-state index contributed by atoms with van der Waals surface area (Å²) in [6.45, 7) is 4.11. The number of rotatable bonds is 2. The second-order valence-electron chi connectivity index (χ2n) is 3.59. The highest BCUT2D eigenvalue weighted by Gasteiger charge is 2.15. The summed E-state index contributed by atoms with van der Waals surface area (Å²) >= 11 is 0. The summed E-state index contributed by atoms with van der Waals surface area (Å²) in [5, 5.41) is 16.8. The van der Waals surface area contributed by atoms with E-state index in [-0.39, 0.29) is 5.75 Å². The van der Waals surface area contributed by atoms with Crippen LogP contribution in [0.5, 0.6) is 5.75 Å². The molecule has 0 atom stereocenters. The molecule has 80 valence electrons. The summed E-state index contributed by atoms with van der Waals surface area (Å²) in [5.41, 5.74) is 9.44. The highest BCUT2D eigenvalue weighted by Crippen LogP contribution is 2.32.